The number of fused-ring (bicyclic) bond motifs is 1. The molecule has 4 nitrogen and oxygen atoms in total. The number of hydrogen-bond donors (Lipinski definition) is 1. The van der Waals surface area contributed by atoms with Crippen LogP contribution in [0.2, 0.25) is 5.02 Å². The Morgan fingerprint density at radius 2 is 1.72 bits per heavy atom. The van der Waals surface area contributed by atoms with Crippen molar-refractivity contribution in [2.75, 3.05) is 0 Å². The zero-order valence-corrected chi connectivity index (χ0v) is 18.6. The van der Waals surface area contributed by atoms with Crippen molar-refractivity contribution in [3.05, 3.63) is 58.2 Å². The summed E-state index contributed by atoms with van der Waals surface area (Å²) in [6, 6.07) is 8.61. The summed E-state index contributed by atoms with van der Waals surface area (Å²) in [6.45, 7) is 8.26. The molecule has 0 saturated carbocycles. The minimum absolute atomic E-state index is 0. The summed E-state index contributed by atoms with van der Waals surface area (Å²) in [5, 5.41) is 4.96. The number of imidazole rings is 1. The van der Waals surface area contributed by atoms with Crippen molar-refractivity contribution < 1.29 is 13.2 Å². The summed E-state index contributed by atoms with van der Waals surface area (Å²) in [6.07, 6.45) is -4.47. The first-order valence-corrected chi connectivity index (χ1v) is 10.2. The van der Waals surface area contributed by atoms with Gasteiger partial charge in [0.25, 0.3) is 0 Å². The van der Waals surface area contributed by atoms with E-state index in [1.165, 1.54) is 18.2 Å². The predicted molar refractivity (Wildman–Crippen MR) is 124 cm³/mol. The van der Waals surface area contributed by atoms with Crippen LogP contribution in [-0.2, 0) is 18.6 Å². The molecule has 0 aliphatic heterocycles. The van der Waals surface area contributed by atoms with Gasteiger partial charge in [0.2, 0.25) is 0 Å². The van der Waals surface area contributed by atoms with E-state index in [1.807, 2.05) is 14.0 Å². The summed E-state index contributed by atoms with van der Waals surface area (Å²) < 4.78 is 42.3. The van der Waals surface area contributed by atoms with Gasteiger partial charge in [-0.3, -0.25) is 4.68 Å². The van der Waals surface area contributed by atoms with Crippen LogP contribution in [0.4, 0.5) is 13.2 Å². The number of rotatable bonds is 2. The molecule has 0 fully saturated rings. The first-order valence-electron chi connectivity index (χ1n) is 9.78. The summed E-state index contributed by atoms with van der Waals surface area (Å²) in [5.74, 6) is 0.571. The van der Waals surface area contributed by atoms with Crippen LogP contribution in [0.1, 0.15) is 37.6 Å². The summed E-state index contributed by atoms with van der Waals surface area (Å²) in [7, 11) is 1.84. The van der Waals surface area contributed by atoms with E-state index in [0.29, 0.717) is 27.4 Å². The van der Waals surface area contributed by atoms with Gasteiger partial charge in [-0.2, -0.15) is 18.3 Å². The molecule has 0 radical (unpaired) electrons. The molecule has 0 atom stereocenters. The average Bonchev–Trinajstić information content (AvgIpc) is 3.21. The Morgan fingerprint density at radius 1 is 1.06 bits per heavy atom. The Bertz CT molecular complexity index is 1300. The Balaban J connectivity index is 0.00000289. The number of alkyl halides is 3. The van der Waals surface area contributed by atoms with Gasteiger partial charge in [0.1, 0.15) is 5.69 Å². The Morgan fingerprint density at radius 3 is 2.31 bits per heavy atom. The van der Waals surface area contributed by atoms with E-state index in [4.69, 9.17) is 11.6 Å². The monoisotopic (exact) mass is 470 g/mol. The predicted octanol–water partition coefficient (Wildman–Crippen LogP) is 6.26. The van der Waals surface area contributed by atoms with E-state index in [1.54, 1.807) is 16.8 Å². The summed E-state index contributed by atoms with van der Waals surface area (Å²) >= 11 is 6.46. The van der Waals surface area contributed by atoms with Gasteiger partial charge < -0.3 is 4.98 Å². The van der Waals surface area contributed by atoms with Gasteiger partial charge >= 0.3 is 35.7 Å². The van der Waals surface area contributed by atoms with Crippen molar-refractivity contribution in [3.8, 4) is 22.6 Å². The fourth-order valence-electron chi connectivity index (χ4n) is 3.99. The Labute approximate surface area is 211 Å². The number of hydrogen-bond acceptors (Lipinski definition) is 2. The molecule has 0 aliphatic carbocycles. The van der Waals surface area contributed by atoms with Crippen molar-refractivity contribution in [2.45, 2.75) is 39.3 Å². The third-order valence-electron chi connectivity index (χ3n) is 5.31. The molecule has 0 aliphatic rings. The molecule has 32 heavy (non-hydrogen) atoms. The molecule has 4 aromatic rings. The van der Waals surface area contributed by atoms with Crippen LogP contribution in [0.15, 0.2) is 36.4 Å². The quantitative estimate of drug-likeness (QED) is 0.351. The number of aromatic amines is 1. The molecule has 2 aromatic heterocycles. The van der Waals surface area contributed by atoms with Crippen molar-refractivity contribution in [3.63, 3.8) is 0 Å². The van der Waals surface area contributed by atoms with Crippen LogP contribution in [0.25, 0.3) is 33.7 Å². The van der Waals surface area contributed by atoms with E-state index < -0.39 is 11.7 Å². The SMILES string of the molecule is Cc1c(C(C)(C)C)nn(C)c1-c1nc2cc(-c3ccccc3C(F)(F)F)cc(Cl)c2[nH]1.[NaH]. The van der Waals surface area contributed by atoms with Gasteiger partial charge in [-0.15, -0.1) is 0 Å². The van der Waals surface area contributed by atoms with Crippen molar-refractivity contribution in [1.29, 1.82) is 0 Å². The van der Waals surface area contributed by atoms with Crippen molar-refractivity contribution in [1.82, 2.24) is 19.7 Å². The number of aromatic nitrogens is 4. The van der Waals surface area contributed by atoms with E-state index in [2.05, 4.69) is 35.8 Å². The number of H-pyrrole nitrogens is 1. The third-order valence-corrected chi connectivity index (χ3v) is 5.61. The fourth-order valence-corrected chi connectivity index (χ4v) is 4.26. The number of nitrogens with one attached hydrogen (secondary N) is 1. The molecule has 9 heteroatoms. The fraction of sp³-hybridized carbons (Fsp3) is 0.304. The zero-order chi connectivity index (χ0) is 22.7. The van der Waals surface area contributed by atoms with Gasteiger partial charge in [-0.25, -0.2) is 4.98 Å². The van der Waals surface area contributed by atoms with Crippen LogP contribution in [-0.4, -0.2) is 49.3 Å². The molecule has 0 bridgehead atoms. The molecule has 0 unspecified atom stereocenters. The molecular formula is C23H23ClF3N4Na. The van der Waals surface area contributed by atoms with Crippen LogP contribution in [0.5, 0.6) is 0 Å². The number of benzene rings is 2. The molecule has 2 heterocycles. The third kappa shape index (κ3) is 4.36. The summed E-state index contributed by atoms with van der Waals surface area (Å²) in [4.78, 5) is 7.88. The van der Waals surface area contributed by atoms with Crippen LogP contribution >= 0.6 is 11.6 Å². The van der Waals surface area contributed by atoms with E-state index >= 15 is 0 Å². The molecule has 164 valence electrons. The zero-order valence-electron chi connectivity index (χ0n) is 17.8. The second-order valence-corrected chi connectivity index (χ2v) is 9.08. The van der Waals surface area contributed by atoms with Crippen LogP contribution in [0, 0.1) is 6.92 Å². The summed E-state index contributed by atoms with van der Waals surface area (Å²) in [5.41, 5.74) is 3.40. The normalized spacial score (nSPS) is 12.3. The molecule has 4 rings (SSSR count). The first-order chi connectivity index (χ1) is 14.4. The molecule has 0 saturated heterocycles. The van der Waals surface area contributed by atoms with E-state index in [0.717, 1.165) is 23.0 Å². The van der Waals surface area contributed by atoms with E-state index in [-0.39, 0.29) is 40.5 Å². The molecule has 1 N–H and O–H groups in total. The van der Waals surface area contributed by atoms with Crippen molar-refractivity contribution >= 4 is 52.2 Å². The topological polar surface area (TPSA) is 46.5 Å². The van der Waals surface area contributed by atoms with Gasteiger partial charge in [-0.1, -0.05) is 50.6 Å². The molecule has 0 spiro atoms. The molecule has 0 amide bonds. The van der Waals surface area contributed by atoms with Gasteiger partial charge in [0.15, 0.2) is 5.82 Å². The van der Waals surface area contributed by atoms with Gasteiger partial charge in [0.05, 0.1) is 27.3 Å². The number of nitrogens with zero attached hydrogens (tertiary/aromatic N) is 3. The second kappa shape index (κ2) is 8.52. The number of aryl methyl sites for hydroxylation is 1. The van der Waals surface area contributed by atoms with Crippen molar-refractivity contribution in [2.24, 2.45) is 7.05 Å². The second-order valence-electron chi connectivity index (χ2n) is 8.68. The number of halogens is 4. The van der Waals surface area contributed by atoms with Crippen LogP contribution < -0.4 is 0 Å². The van der Waals surface area contributed by atoms with Gasteiger partial charge in [-0.05, 0) is 36.2 Å². The Kier molecular flexibility index (Phi) is 6.61. The standard InChI is InChI=1S/C23H22ClF3N4.Na.H/c1-12-19(31(5)30-20(12)22(2,3)4)21-28-17-11-13(10-16(24)18(17)29-21)14-8-6-7-9-15(14)23(25,26)27;;/h6-11H,1-5H3,(H,28,29);;. The maximum absolute atomic E-state index is 13.5. The minimum atomic E-state index is -4.47. The first kappa shape index (κ1) is 24.8. The molecular weight excluding hydrogens is 448 g/mol. The van der Waals surface area contributed by atoms with E-state index in [9.17, 15) is 13.2 Å². The average molecular weight is 471 g/mol. The Hall–Kier alpha value is -1.80. The van der Waals surface area contributed by atoms with Gasteiger partial charge in [0, 0.05) is 18.0 Å². The maximum atomic E-state index is 13.5. The van der Waals surface area contributed by atoms with Crippen LogP contribution in [0.3, 0.4) is 0 Å². The molecule has 2 aromatic carbocycles.